The van der Waals surface area contributed by atoms with Crippen LogP contribution in [0.4, 0.5) is 4.39 Å². The number of piperidine rings is 1. The molecule has 4 aromatic carbocycles. The van der Waals surface area contributed by atoms with Crippen LogP contribution in [-0.2, 0) is 6.54 Å². The number of benzene rings is 4. The van der Waals surface area contributed by atoms with E-state index in [2.05, 4.69) is 31.7 Å². The number of hydrogen-bond donors (Lipinski definition) is 0. The van der Waals surface area contributed by atoms with Crippen molar-refractivity contribution in [3.63, 3.8) is 0 Å². The van der Waals surface area contributed by atoms with E-state index in [1.165, 1.54) is 0 Å². The number of rotatable bonds is 6. The first-order valence-corrected chi connectivity index (χ1v) is 14.6. The second-order valence-electron chi connectivity index (χ2n) is 11.6. The molecule has 1 aromatic heterocycles. The Labute approximate surface area is 241 Å². The standard InChI is InChI=1S/C36H36FN3O/c1-24(2)39-19-9-11-26(22-39)23-40-35(30-14-8-7-10-25(30)3)38-34-18-16-28(20-32(34)36(40)41)29-15-17-31(33(37)21-29)27-12-5-4-6-13-27/h4-8,10,12-18,20-21,24,26H,9,11,19,22-23H2,1-3H3. The van der Waals surface area contributed by atoms with Gasteiger partial charge in [0.15, 0.2) is 0 Å². The van der Waals surface area contributed by atoms with Crippen LogP contribution in [-0.4, -0.2) is 33.6 Å². The lowest BCUT2D eigenvalue weighted by atomic mass is 9.96. The molecular weight excluding hydrogens is 509 g/mol. The monoisotopic (exact) mass is 545 g/mol. The molecule has 1 fully saturated rings. The van der Waals surface area contributed by atoms with Crippen molar-refractivity contribution < 1.29 is 4.39 Å². The maximum absolute atomic E-state index is 15.2. The van der Waals surface area contributed by atoms with Crippen molar-refractivity contribution >= 4 is 10.9 Å². The minimum atomic E-state index is -0.286. The van der Waals surface area contributed by atoms with Crippen molar-refractivity contribution in [1.29, 1.82) is 0 Å². The molecule has 4 nitrogen and oxygen atoms in total. The second-order valence-corrected chi connectivity index (χ2v) is 11.6. The lowest BCUT2D eigenvalue weighted by Gasteiger charge is -2.36. The lowest BCUT2D eigenvalue weighted by Crippen LogP contribution is -2.42. The Kier molecular flexibility index (Phi) is 7.55. The summed E-state index contributed by atoms with van der Waals surface area (Å²) < 4.78 is 17.1. The van der Waals surface area contributed by atoms with Crippen molar-refractivity contribution in [2.75, 3.05) is 13.1 Å². The SMILES string of the molecule is Cc1ccccc1-c1nc2ccc(-c3ccc(-c4ccccc4)c(F)c3)cc2c(=O)n1CC1CCCN(C(C)C)C1. The summed E-state index contributed by atoms with van der Waals surface area (Å²) >= 11 is 0. The molecule has 0 amide bonds. The Balaban J connectivity index is 1.44. The number of aryl methyl sites for hydroxylation is 1. The van der Waals surface area contributed by atoms with E-state index in [1.807, 2.05) is 83.4 Å². The smallest absolute Gasteiger partial charge is 0.261 e. The van der Waals surface area contributed by atoms with Gasteiger partial charge in [0.2, 0.25) is 0 Å². The highest BCUT2D eigenvalue weighted by Gasteiger charge is 2.24. The number of nitrogens with zero attached hydrogens (tertiary/aromatic N) is 3. The summed E-state index contributed by atoms with van der Waals surface area (Å²) in [5.41, 5.74) is 5.61. The molecule has 0 spiro atoms. The summed E-state index contributed by atoms with van der Waals surface area (Å²) in [4.78, 5) is 21.8. The van der Waals surface area contributed by atoms with E-state index < -0.39 is 0 Å². The summed E-state index contributed by atoms with van der Waals surface area (Å²) in [6, 6.07) is 29.1. The number of fused-ring (bicyclic) bond motifs is 1. The first-order chi connectivity index (χ1) is 19.9. The van der Waals surface area contributed by atoms with Gasteiger partial charge >= 0.3 is 0 Å². The molecule has 6 rings (SSSR count). The van der Waals surface area contributed by atoms with Crippen LogP contribution in [0.5, 0.6) is 0 Å². The molecule has 0 aliphatic carbocycles. The van der Waals surface area contributed by atoms with Crippen LogP contribution in [0, 0.1) is 18.7 Å². The van der Waals surface area contributed by atoms with E-state index in [4.69, 9.17) is 4.98 Å². The van der Waals surface area contributed by atoms with Crippen LogP contribution in [0.3, 0.4) is 0 Å². The van der Waals surface area contributed by atoms with Crippen LogP contribution >= 0.6 is 0 Å². The molecule has 41 heavy (non-hydrogen) atoms. The van der Waals surface area contributed by atoms with Crippen molar-refractivity contribution in [2.45, 2.75) is 46.2 Å². The van der Waals surface area contributed by atoms with E-state index in [1.54, 1.807) is 6.07 Å². The highest BCUT2D eigenvalue weighted by molar-refractivity contribution is 5.86. The molecule has 0 bridgehead atoms. The van der Waals surface area contributed by atoms with E-state index >= 15 is 4.39 Å². The van der Waals surface area contributed by atoms with Crippen molar-refractivity contribution in [1.82, 2.24) is 14.5 Å². The van der Waals surface area contributed by atoms with Crippen LogP contribution < -0.4 is 5.56 Å². The first-order valence-electron chi connectivity index (χ1n) is 14.6. The average Bonchev–Trinajstić information content (AvgIpc) is 2.99. The predicted molar refractivity (Wildman–Crippen MR) is 166 cm³/mol. The first kappa shape index (κ1) is 27.1. The highest BCUT2D eigenvalue weighted by Crippen LogP contribution is 2.31. The third-order valence-electron chi connectivity index (χ3n) is 8.45. The normalized spacial score (nSPS) is 16.0. The zero-order valence-electron chi connectivity index (χ0n) is 24.0. The molecule has 208 valence electrons. The van der Waals surface area contributed by atoms with Gasteiger partial charge in [0.25, 0.3) is 5.56 Å². The lowest BCUT2D eigenvalue weighted by molar-refractivity contribution is 0.130. The minimum absolute atomic E-state index is 0.0434. The number of halogens is 1. The summed E-state index contributed by atoms with van der Waals surface area (Å²) in [7, 11) is 0. The van der Waals surface area contributed by atoms with E-state index in [9.17, 15) is 4.79 Å². The molecule has 0 saturated carbocycles. The quantitative estimate of drug-likeness (QED) is 0.217. The topological polar surface area (TPSA) is 38.1 Å². The largest absolute Gasteiger partial charge is 0.301 e. The van der Waals surface area contributed by atoms with Gasteiger partial charge in [-0.2, -0.15) is 0 Å². The van der Waals surface area contributed by atoms with E-state index in [-0.39, 0.29) is 11.4 Å². The van der Waals surface area contributed by atoms with Gasteiger partial charge in [-0.1, -0.05) is 72.8 Å². The van der Waals surface area contributed by atoms with E-state index in [0.717, 1.165) is 53.7 Å². The third-order valence-corrected chi connectivity index (χ3v) is 8.45. The number of hydrogen-bond acceptors (Lipinski definition) is 3. The number of likely N-dealkylation sites (tertiary alicyclic amines) is 1. The van der Waals surface area contributed by atoms with Gasteiger partial charge in [0.1, 0.15) is 11.6 Å². The van der Waals surface area contributed by atoms with Gasteiger partial charge in [-0.3, -0.25) is 9.36 Å². The zero-order valence-corrected chi connectivity index (χ0v) is 24.0. The average molecular weight is 546 g/mol. The van der Waals surface area contributed by atoms with Crippen LogP contribution in [0.1, 0.15) is 32.3 Å². The zero-order chi connectivity index (χ0) is 28.5. The Morgan fingerprint density at radius 2 is 1.61 bits per heavy atom. The molecule has 1 aliphatic rings. The summed E-state index contributed by atoms with van der Waals surface area (Å²) in [6.45, 7) is 9.24. The second kappa shape index (κ2) is 11.4. The Morgan fingerprint density at radius 1 is 0.878 bits per heavy atom. The van der Waals surface area contributed by atoms with Gasteiger partial charge in [0, 0.05) is 30.3 Å². The predicted octanol–water partition coefficient (Wildman–Crippen LogP) is 7.97. The van der Waals surface area contributed by atoms with Crippen LogP contribution in [0.25, 0.3) is 44.5 Å². The van der Waals surface area contributed by atoms with Gasteiger partial charge in [-0.25, -0.2) is 9.37 Å². The van der Waals surface area contributed by atoms with Gasteiger partial charge in [-0.05, 0) is 86.5 Å². The minimum Gasteiger partial charge on any atom is -0.301 e. The molecule has 0 N–H and O–H groups in total. The Morgan fingerprint density at radius 3 is 2.37 bits per heavy atom. The fourth-order valence-corrected chi connectivity index (χ4v) is 6.12. The molecule has 1 aliphatic heterocycles. The van der Waals surface area contributed by atoms with Gasteiger partial charge in [-0.15, -0.1) is 0 Å². The fraction of sp³-hybridized carbons (Fsp3) is 0.278. The summed E-state index contributed by atoms with van der Waals surface area (Å²) in [6.07, 6.45) is 2.22. The molecule has 1 atom stereocenters. The fourth-order valence-electron chi connectivity index (χ4n) is 6.12. The van der Waals surface area contributed by atoms with Crippen LogP contribution in [0.2, 0.25) is 0 Å². The summed E-state index contributed by atoms with van der Waals surface area (Å²) in [5, 5.41) is 0.559. The molecule has 5 heteroatoms. The van der Waals surface area contributed by atoms with Crippen LogP contribution in [0.15, 0.2) is 95.8 Å². The molecule has 0 radical (unpaired) electrons. The Hall–Kier alpha value is -4.09. The maximum Gasteiger partial charge on any atom is 0.261 e. The number of aromatic nitrogens is 2. The third kappa shape index (κ3) is 5.47. The van der Waals surface area contributed by atoms with E-state index in [0.29, 0.717) is 40.8 Å². The molecule has 1 saturated heterocycles. The molecule has 2 heterocycles. The van der Waals surface area contributed by atoms with Crippen molar-refractivity contribution in [2.24, 2.45) is 5.92 Å². The molecule has 5 aromatic rings. The maximum atomic E-state index is 15.2. The van der Waals surface area contributed by atoms with Gasteiger partial charge < -0.3 is 4.90 Å². The summed E-state index contributed by atoms with van der Waals surface area (Å²) in [5.74, 6) is 0.799. The molecule has 1 unspecified atom stereocenters. The Bertz CT molecular complexity index is 1760. The van der Waals surface area contributed by atoms with Gasteiger partial charge in [0.05, 0.1) is 10.9 Å². The van der Waals surface area contributed by atoms with Crippen molar-refractivity contribution in [3.05, 3.63) is 113 Å². The van der Waals surface area contributed by atoms with Crippen molar-refractivity contribution in [3.8, 4) is 33.6 Å². The highest BCUT2D eigenvalue weighted by atomic mass is 19.1. The molecular formula is C36H36FN3O.